The Morgan fingerprint density at radius 2 is 2.11 bits per heavy atom. The van der Waals surface area contributed by atoms with Crippen LogP contribution in [0.3, 0.4) is 0 Å². The van der Waals surface area contributed by atoms with Gasteiger partial charge in [-0.1, -0.05) is 18.8 Å². The summed E-state index contributed by atoms with van der Waals surface area (Å²) in [5.41, 5.74) is 1.38. The van der Waals surface area contributed by atoms with E-state index >= 15 is 0 Å². The lowest BCUT2D eigenvalue weighted by atomic mass is 9.99. The number of hydrogen-bond acceptors (Lipinski definition) is 7. The standard InChI is InChI=1S/C26H33N5O4/c1-18-15-31(19(2)17-32)26(34)22-12-20(8-7-11-29(3)4)13-28-24(22)35-23(18)16-30(5)25(33)21-9-6-10-27-14-21/h6,9-10,12-14,18-19,23,32H,11,15-17H2,1-5H3/t18-,19-,23-/m0/s1. The van der Waals surface area contributed by atoms with E-state index < -0.39 is 12.1 Å². The van der Waals surface area contributed by atoms with Crippen LogP contribution in [0.2, 0.25) is 0 Å². The molecule has 1 aliphatic heterocycles. The first kappa shape index (κ1) is 26.1. The highest BCUT2D eigenvalue weighted by molar-refractivity contribution is 5.97. The number of pyridine rings is 2. The van der Waals surface area contributed by atoms with Crippen molar-refractivity contribution in [2.75, 3.05) is 47.4 Å². The van der Waals surface area contributed by atoms with Gasteiger partial charge in [-0.2, -0.15) is 0 Å². The first-order valence-corrected chi connectivity index (χ1v) is 11.6. The zero-order chi connectivity index (χ0) is 25.5. The van der Waals surface area contributed by atoms with Gasteiger partial charge in [0.05, 0.1) is 31.3 Å². The van der Waals surface area contributed by atoms with Gasteiger partial charge in [0.1, 0.15) is 11.7 Å². The molecule has 9 heteroatoms. The second-order valence-electron chi connectivity index (χ2n) is 9.17. The first-order chi connectivity index (χ1) is 16.7. The fourth-order valence-corrected chi connectivity index (χ4v) is 3.75. The van der Waals surface area contributed by atoms with E-state index in [-0.39, 0.29) is 36.8 Å². The van der Waals surface area contributed by atoms with Crippen LogP contribution in [0.1, 0.15) is 40.1 Å². The number of nitrogens with zero attached hydrogens (tertiary/aromatic N) is 5. The summed E-state index contributed by atoms with van der Waals surface area (Å²) in [6.45, 7) is 4.81. The summed E-state index contributed by atoms with van der Waals surface area (Å²) in [5, 5.41) is 9.81. The minimum absolute atomic E-state index is 0.133. The number of aliphatic hydroxyl groups is 1. The fraction of sp³-hybridized carbons (Fsp3) is 0.462. The Balaban J connectivity index is 1.93. The molecule has 0 bridgehead atoms. The molecule has 1 aliphatic rings. The lowest BCUT2D eigenvalue weighted by molar-refractivity contribution is 0.0313. The van der Waals surface area contributed by atoms with Gasteiger partial charge >= 0.3 is 0 Å². The van der Waals surface area contributed by atoms with Crippen LogP contribution >= 0.6 is 0 Å². The summed E-state index contributed by atoms with van der Waals surface area (Å²) < 4.78 is 6.25. The maximum absolute atomic E-state index is 13.5. The van der Waals surface area contributed by atoms with Gasteiger partial charge in [0.15, 0.2) is 0 Å². The molecule has 0 saturated heterocycles. The molecule has 3 rings (SSSR count). The molecule has 0 fully saturated rings. The zero-order valence-electron chi connectivity index (χ0n) is 20.9. The second kappa shape index (κ2) is 11.8. The molecular weight excluding hydrogens is 446 g/mol. The SMILES string of the molecule is C[C@H]1CN([C@@H](C)CO)C(=O)c2cc(C#CCN(C)C)cnc2O[C@H]1CN(C)C(=O)c1cccnc1. The van der Waals surface area contributed by atoms with Crippen molar-refractivity contribution in [2.24, 2.45) is 5.92 Å². The molecule has 0 radical (unpaired) electrons. The third-order valence-electron chi connectivity index (χ3n) is 5.86. The largest absolute Gasteiger partial charge is 0.472 e. The van der Waals surface area contributed by atoms with Crippen molar-refractivity contribution in [3.8, 4) is 17.7 Å². The van der Waals surface area contributed by atoms with Gasteiger partial charge in [0.2, 0.25) is 5.88 Å². The normalized spacial score (nSPS) is 18.5. The third-order valence-corrected chi connectivity index (χ3v) is 5.86. The van der Waals surface area contributed by atoms with Crippen molar-refractivity contribution in [3.05, 3.63) is 53.5 Å². The minimum atomic E-state index is -0.431. The van der Waals surface area contributed by atoms with Crippen LogP contribution in [0.15, 0.2) is 36.8 Å². The molecule has 2 amide bonds. The molecule has 0 aromatic carbocycles. The van der Waals surface area contributed by atoms with Crippen molar-refractivity contribution >= 4 is 11.8 Å². The Hall–Kier alpha value is -3.48. The van der Waals surface area contributed by atoms with Crippen LogP contribution in [0.5, 0.6) is 5.88 Å². The molecule has 0 spiro atoms. The van der Waals surface area contributed by atoms with E-state index in [1.807, 2.05) is 25.9 Å². The highest BCUT2D eigenvalue weighted by Gasteiger charge is 2.34. The van der Waals surface area contributed by atoms with Gasteiger partial charge < -0.3 is 19.6 Å². The van der Waals surface area contributed by atoms with Crippen molar-refractivity contribution in [1.82, 2.24) is 24.7 Å². The number of carbonyl (C=O) groups excluding carboxylic acids is 2. The van der Waals surface area contributed by atoms with Crippen molar-refractivity contribution in [3.63, 3.8) is 0 Å². The monoisotopic (exact) mass is 479 g/mol. The van der Waals surface area contributed by atoms with E-state index in [1.165, 1.54) is 6.20 Å². The zero-order valence-corrected chi connectivity index (χ0v) is 20.9. The number of carbonyl (C=O) groups is 2. The topological polar surface area (TPSA) is 99.1 Å². The summed E-state index contributed by atoms with van der Waals surface area (Å²) in [6, 6.07) is 4.72. The smallest absolute Gasteiger partial charge is 0.259 e. The number of hydrogen-bond donors (Lipinski definition) is 1. The van der Waals surface area contributed by atoms with Gasteiger partial charge in [-0.3, -0.25) is 19.5 Å². The van der Waals surface area contributed by atoms with E-state index in [0.29, 0.717) is 29.8 Å². The van der Waals surface area contributed by atoms with E-state index in [1.54, 1.807) is 54.4 Å². The van der Waals surface area contributed by atoms with E-state index in [2.05, 4.69) is 21.8 Å². The van der Waals surface area contributed by atoms with E-state index in [4.69, 9.17) is 4.74 Å². The quantitative estimate of drug-likeness (QED) is 0.625. The molecule has 2 aromatic heterocycles. The predicted molar refractivity (Wildman–Crippen MR) is 132 cm³/mol. The molecule has 0 aliphatic carbocycles. The second-order valence-corrected chi connectivity index (χ2v) is 9.17. The van der Waals surface area contributed by atoms with Crippen LogP contribution < -0.4 is 4.74 Å². The van der Waals surface area contributed by atoms with Crippen molar-refractivity contribution in [2.45, 2.75) is 26.0 Å². The Bertz CT molecular complexity index is 1100. The lowest BCUT2D eigenvalue weighted by Crippen LogP contribution is -2.50. The Morgan fingerprint density at radius 1 is 1.34 bits per heavy atom. The number of ether oxygens (including phenoxy) is 1. The summed E-state index contributed by atoms with van der Waals surface area (Å²) >= 11 is 0. The molecule has 3 atom stereocenters. The molecule has 186 valence electrons. The summed E-state index contributed by atoms with van der Waals surface area (Å²) in [5.74, 6) is 5.71. The third kappa shape index (κ3) is 6.56. The molecule has 0 saturated carbocycles. The number of likely N-dealkylation sites (N-methyl/N-ethyl adjacent to an activating group) is 1. The Labute approximate surface area is 206 Å². The first-order valence-electron chi connectivity index (χ1n) is 11.6. The van der Waals surface area contributed by atoms with Crippen LogP contribution in [0.25, 0.3) is 0 Å². The predicted octanol–water partition coefficient (Wildman–Crippen LogP) is 1.38. The maximum atomic E-state index is 13.5. The molecule has 0 unspecified atom stereocenters. The number of rotatable bonds is 6. The fourth-order valence-electron chi connectivity index (χ4n) is 3.75. The Kier molecular flexibility index (Phi) is 8.79. The molecular formula is C26H33N5O4. The average molecular weight is 480 g/mol. The number of amides is 2. The molecule has 1 N–H and O–H groups in total. The summed E-state index contributed by atoms with van der Waals surface area (Å²) in [6.07, 6.45) is 4.30. The number of aromatic nitrogens is 2. The molecule has 3 heterocycles. The van der Waals surface area contributed by atoms with Crippen LogP contribution in [-0.2, 0) is 0 Å². The van der Waals surface area contributed by atoms with Crippen LogP contribution in [0, 0.1) is 17.8 Å². The highest BCUT2D eigenvalue weighted by Crippen LogP contribution is 2.27. The number of aliphatic hydroxyl groups excluding tert-OH is 1. The van der Waals surface area contributed by atoms with Crippen LogP contribution in [0.4, 0.5) is 0 Å². The molecule has 35 heavy (non-hydrogen) atoms. The Morgan fingerprint density at radius 3 is 2.77 bits per heavy atom. The van der Waals surface area contributed by atoms with E-state index in [9.17, 15) is 14.7 Å². The lowest BCUT2D eigenvalue weighted by Gasteiger charge is -2.37. The van der Waals surface area contributed by atoms with Crippen molar-refractivity contribution < 1.29 is 19.4 Å². The minimum Gasteiger partial charge on any atom is -0.472 e. The number of fused-ring (bicyclic) bond motifs is 1. The summed E-state index contributed by atoms with van der Waals surface area (Å²) in [7, 11) is 5.56. The summed E-state index contributed by atoms with van der Waals surface area (Å²) in [4.78, 5) is 40.0. The molecule has 9 nitrogen and oxygen atoms in total. The van der Waals surface area contributed by atoms with Crippen molar-refractivity contribution in [1.29, 1.82) is 0 Å². The maximum Gasteiger partial charge on any atom is 0.259 e. The average Bonchev–Trinajstić information content (AvgIpc) is 2.85. The van der Waals surface area contributed by atoms with Gasteiger partial charge in [-0.15, -0.1) is 0 Å². The van der Waals surface area contributed by atoms with Gasteiger partial charge in [-0.05, 0) is 39.2 Å². The van der Waals surface area contributed by atoms with E-state index in [0.717, 1.165) is 0 Å². The molecule has 2 aromatic rings. The van der Waals surface area contributed by atoms with Crippen LogP contribution in [-0.4, -0.2) is 101 Å². The van der Waals surface area contributed by atoms with Gasteiger partial charge in [-0.25, -0.2) is 4.98 Å². The van der Waals surface area contributed by atoms with Gasteiger partial charge in [0, 0.05) is 43.7 Å². The highest BCUT2D eigenvalue weighted by atomic mass is 16.5. The van der Waals surface area contributed by atoms with Gasteiger partial charge in [0.25, 0.3) is 11.8 Å².